The normalized spacial score (nSPS) is 13.2. The molecular weight excluding hydrogens is 890 g/mol. The fourth-order valence-corrected chi connectivity index (χ4v) is 6.51. The quantitative estimate of drug-likeness (QED) is 0.0672. The van der Waals surface area contributed by atoms with E-state index in [9.17, 15) is 0 Å². The SMILES string of the molecule is C1=CCCC1.COc1ccc(-[n+]2ccc(-c3cc[n+](CCCC[C@@H]4C=CCC4)cc3)cc2)cc1.[Cl-].[Cl-].[Fe].[I-].c1ccc(-[n+]2ccc(-c3ccncc3)cc2)cc1. The van der Waals surface area contributed by atoms with Gasteiger partial charge in [-0.3, -0.25) is 4.98 Å². The summed E-state index contributed by atoms with van der Waals surface area (Å²) in [6.45, 7) is 1.10. The van der Waals surface area contributed by atoms with E-state index in [1.54, 1.807) is 7.11 Å². The van der Waals surface area contributed by atoms with Gasteiger partial charge in [0.1, 0.15) is 12.3 Å². The van der Waals surface area contributed by atoms with Gasteiger partial charge in [0.05, 0.1) is 7.11 Å². The van der Waals surface area contributed by atoms with Gasteiger partial charge in [0.25, 0.3) is 0 Å². The number of halogens is 3. The molecule has 0 radical (unpaired) electrons. The summed E-state index contributed by atoms with van der Waals surface area (Å²) in [5.74, 6) is 1.71. The van der Waals surface area contributed by atoms with Gasteiger partial charge in [0.15, 0.2) is 37.2 Å². The fourth-order valence-electron chi connectivity index (χ4n) is 6.51. The molecule has 4 aromatic heterocycles. The number of para-hydroxylation sites is 1. The first-order valence-electron chi connectivity index (χ1n) is 18.7. The summed E-state index contributed by atoms with van der Waals surface area (Å²) in [5, 5.41) is 0. The molecule has 0 N–H and O–H groups in total. The Morgan fingerprint density at radius 2 is 1.11 bits per heavy atom. The van der Waals surface area contributed by atoms with Gasteiger partial charge >= 0.3 is 0 Å². The Labute approximate surface area is 373 Å². The monoisotopic (exact) mass is 940 g/mol. The van der Waals surface area contributed by atoms with Crippen LogP contribution in [0.1, 0.15) is 51.4 Å². The van der Waals surface area contributed by atoms with Crippen molar-refractivity contribution < 1.29 is 84.3 Å². The number of hydrogen-bond donors (Lipinski definition) is 0. The van der Waals surface area contributed by atoms with Crippen molar-refractivity contribution in [1.29, 1.82) is 0 Å². The number of unbranched alkanes of at least 4 members (excludes halogenated alkanes) is 1. The van der Waals surface area contributed by atoms with Crippen LogP contribution in [0.2, 0.25) is 0 Å². The standard InChI is InChI=1S/C26H30N2O.C16H13N2.C5H8.2ClH.Fe.HI/c1-29-26-11-9-25(10-12-26)28-20-15-24(16-21-28)23-13-18-27(19-14-23)17-5-4-8-22-6-2-3-7-22;1-2-4-16(5-3-1)18-12-8-15(9-13-18)14-6-10-17-11-7-14;1-2-4-5-3-1;;;;/h2,6,9-16,18-22H,3-5,7-8,17H2,1H3;1-13H;1-2H,3-5H2;2*1H;;1H/q+2;+1;;;;;/p-3/t22-;;;;;;/m1....../s1. The fraction of sp³-hybridized carbons (Fsp3) is 0.234. The molecule has 0 bridgehead atoms. The van der Waals surface area contributed by atoms with E-state index in [4.69, 9.17) is 4.74 Å². The van der Waals surface area contributed by atoms with Crippen LogP contribution in [0.25, 0.3) is 33.6 Å². The molecule has 0 saturated carbocycles. The van der Waals surface area contributed by atoms with E-state index in [1.165, 1.54) is 79.3 Å². The zero-order chi connectivity index (χ0) is 35.6. The number of hydrogen-bond acceptors (Lipinski definition) is 2. The zero-order valence-electron chi connectivity index (χ0n) is 31.9. The summed E-state index contributed by atoms with van der Waals surface area (Å²) < 4.78 is 11.8. The van der Waals surface area contributed by atoms with Crippen LogP contribution in [-0.2, 0) is 23.6 Å². The summed E-state index contributed by atoms with van der Waals surface area (Å²) in [4.78, 5) is 4.03. The first-order chi connectivity index (χ1) is 25.7. The van der Waals surface area contributed by atoms with Gasteiger partial charge in [0.2, 0.25) is 11.4 Å². The van der Waals surface area contributed by atoms with Crippen LogP contribution < -0.4 is 67.2 Å². The third-order valence-corrected chi connectivity index (χ3v) is 9.58. The Balaban J connectivity index is 0.000000344. The molecule has 0 saturated heterocycles. The molecular formula is C47H51Cl2FeIN4O. The molecule has 294 valence electrons. The van der Waals surface area contributed by atoms with Crippen LogP contribution in [0.3, 0.4) is 0 Å². The number of methoxy groups -OCH3 is 1. The molecule has 2 aromatic carbocycles. The Morgan fingerprint density at radius 3 is 1.59 bits per heavy atom. The van der Waals surface area contributed by atoms with Crippen molar-refractivity contribution in [1.82, 2.24) is 4.98 Å². The van der Waals surface area contributed by atoms with Gasteiger partial charge in [-0.15, -0.1) is 0 Å². The van der Waals surface area contributed by atoms with E-state index < -0.39 is 0 Å². The molecule has 0 amide bonds. The Bertz CT molecular complexity index is 1920. The maximum absolute atomic E-state index is 5.23. The van der Waals surface area contributed by atoms with Crippen LogP contribution in [0.4, 0.5) is 0 Å². The van der Waals surface area contributed by atoms with Crippen molar-refractivity contribution in [2.45, 2.75) is 57.9 Å². The van der Waals surface area contributed by atoms with Gasteiger partial charge in [-0.1, -0.05) is 42.5 Å². The van der Waals surface area contributed by atoms with Crippen molar-refractivity contribution in [3.05, 3.63) is 177 Å². The first-order valence-corrected chi connectivity index (χ1v) is 18.7. The predicted molar refractivity (Wildman–Crippen MR) is 210 cm³/mol. The van der Waals surface area contributed by atoms with Gasteiger partial charge in [-0.2, -0.15) is 9.13 Å². The van der Waals surface area contributed by atoms with E-state index in [1.807, 2.05) is 54.9 Å². The smallest absolute Gasteiger partial charge is 0.210 e. The number of nitrogens with zero attached hydrogens (tertiary/aromatic N) is 4. The largest absolute Gasteiger partial charge is 1.00 e. The van der Waals surface area contributed by atoms with Gasteiger partial charge in [-0.05, 0) is 97.4 Å². The molecule has 9 heteroatoms. The number of rotatable bonds is 10. The molecule has 0 fully saturated rings. The van der Waals surface area contributed by atoms with Crippen LogP contribution in [0.15, 0.2) is 177 Å². The maximum atomic E-state index is 5.23. The van der Waals surface area contributed by atoms with E-state index in [0.717, 1.165) is 23.9 Å². The summed E-state index contributed by atoms with van der Waals surface area (Å²) in [6.07, 6.45) is 36.2. The van der Waals surface area contributed by atoms with Crippen molar-refractivity contribution in [2.24, 2.45) is 5.92 Å². The van der Waals surface area contributed by atoms with E-state index >= 15 is 0 Å². The van der Waals surface area contributed by atoms with Gasteiger partial charge in [-0.25, -0.2) is 4.57 Å². The molecule has 2 aliphatic rings. The van der Waals surface area contributed by atoms with Crippen molar-refractivity contribution in [2.75, 3.05) is 7.11 Å². The van der Waals surface area contributed by atoms with Crippen LogP contribution in [0, 0.1) is 5.92 Å². The van der Waals surface area contributed by atoms with E-state index in [-0.39, 0.29) is 65.9 Å². The zero-order valence-corrected chi connectivity index (χ0v) is 36.6. The third-order valence-electron chi connectivity index (χ3n) is 9.58. The van der Waals surface area contributed by atoms with Crippen molar-refractivity contribution in [3.63, 3.8) is 0 Å². The molecule has 0 aliphatic heterocycles. The average Bonchev–Trinajstić information content (AvgIpc) is 4.00. The topological polar surface area (TPSA) is 33.8 Å². The number of pyridine rings is 4. The minimum absolute atomic E-state index is 0. The molecule has 2 aliphatic carbocycles. The predicted octanol–water partition coefficient (Wildman–Crippen LogP) is 0.824. The number of aromatic nitrogens is 4. The number of benzene rings is 2. The molecule has 0 spiro atoms. The Morgan fingerprint density at radius 1 is 0.589 bits per heavy atom. The summed E-state index contributed by atoms with van der Waals surface area (Å²) >= 11 is 0. The molecule has 5 nitrogen and oxygen atoms in total. The van der Waals surface area contributed by atoms with Gasteiger partial charge < -0.3 is 53.5 Å². The average molecular weight is 942 g/mol. The first kappa shape index (κ1) is 48.3. The molecule has 6 aromatic rings. The van der Waals surface area contributed by atoms with Crippen LogP contribution in [-0.4, -0.2) is 12.1 Å². The van der Waals surface area contributed by atoms with Crippen molar-refractivity contribution in [3.8, 4) is 39.4 Å². The second kappa shape index (κ2) is 26.9. The maximum Gasteiger partial charge on any atom is 0.210 e. The second-order valence-corrected chi connectivity index (χ2v) is 13.2. The minimum atomic E-state index is 0. The summed E-state index contributed by atoms with van der Waals surface area (Å²) in [6, 6.07) is 35.4. The third kappa shape index (κ3) is 15.2. The molecule has 4 heterocycles. The molecule has 56 heavy (non-hydrogen) atoms. The van der Waals surface area contributed by atoms with E-state index in [2.05, 4.69) is 141 Å². The van der Waals surface area contributed by atoms with Crippen LogP contribution in [0.5, 0.6) is 5.75 Å². The van der Waals surface area contributed by atoms with Crippen LogP contribution >= 0.6 is 0 Å². The number of allylic oxidation sites excluding steroid dienone is 4. The molecule has 8 rings (SSSR count). The second-order valence-electron chi connectivity index (χ2n) is 13.2. The minimum Gasteiger partial charge on any atom is -1.00 e. The molecule has 0 unspecified atom stereocenters. The Hall–Kier alpha value is -3.85. The summed E-state index contributed by atoms with van der Waals surface area (Å²) in [5.41, 5.74) is 7.15. The van der Waals surface area contributed by atoms with Gasteiger partial charge in [0, 0.05) is 96.5 Å². The van der Waals surface area contributed by atoms with E-state index in [0.29, 0.717) is 0 Å². The molecule has 1 atom stereocenters. The summed E-state index contributed by atoms with van der Waals surface area (Å²) in [7, 11) is 1.69. The Kier molecular flexibility index (Phi) is 23.2. The number of ether oxygens (including phenoxy) is 1. The number of aryl methyl sites for hydroxylation is 1. The van der Waals surface area contributed by atoms with Crippen molar-refractivity contribution >= 4 is 0 Å².